The van der Waals surface area contributed by atoms with E-state index in [0.29, 0.717) is 18.1 Å². The van der Waals surface area contributed by atoms with Crippen LogP contribution >= 0.6 is 0 Å². The lowest BCUT2D eigenvalue weighted by Gasteiger charge is -2.27. The molecule has 0 aliphatic heterocycles. The maximum Gasteiger partial charge on any atom is 0.337 e. The second kappa shape index (κ2) is 6.22. The molecule has 0 radical (unpaired) electrons. The molecule has 3 N–H and O–H groups in total. The van der Waals surface area contributed by atoms with Crippen molar-refractivity contribution in [2.24, 2.45) is 0 Å². The minimum atomic E-state index is -0.969. The molecule has 5 heteroatoms. The number of aryl methyl sites for hydroxylation is 1. The topological polar surface area (TPSA) is 82.5 Å². The molecule has 1 heterocycles. The van der Waals surface area contributed by atoms with E-state index in [2.05, 4.69) is 10.3 Å². The van der Waals surface area contributed by atoms with Crippen molar-refractivity contribution in [3.05, 3.63) is 23.4 Å². The van der Waals surface area contributed by atoms with Crippen LogP contribution in [0.15, 0.2) is 12.1 Å². The fourth-order valence-corrected chi connectivity index (χ4v) is 2.70. The van der Waals surface area contributed by atoms with Crippen LogP contribution in [0.1, 0.15) is 54.6 Å². The van der Waals surface area contributed by atoms with Gasteiger partial charge in [0.25, 0.3) is 0 Å². The van der Waals surface area contributed by atoms with Crippen molar-refractivity contribution in [1.82, 2.24) is 4.98 Å². The van der Waals surface area contributed by atoms with E-state index in [1.807, 2.05) is 0 Å². The number of pyridine rings is 1. The number of hydrogen-bond acceptors (Lipinski definition) is 4. The predicted octanol–water partition coefficient (Wildman–Crippen LogP) is 2.59. The van der Waals surface area contributed by atoms with Crippen molar-refractivity contribution in [2.45, 2.75) is 51.0 Å². The van der Waals surface area contributed by atoms with Crippen LogP contribution in [0.25, 0.3) is 0 Å². The van der Waals surface area contributed by atoms with E-state index in [9.17, 15) is 9.90 Å². The first-order valence-corrected chi connectivity index (χ1v) is 7.17. The third kappa shape index (κ3) is 3.70. The molecule has 1 aromatic heterocycles. The Kier molecular flexibility index (Phi) is 4.60. The lowest BCUT2D eigenvalue weighted by Crippen LogP contribution is -2.36. The molecule has 0 bridgehead atoms. The number of aromatic carboxylic acids is 1. The van der Waals surface area contributed by atoms with Gasteiger partial charge in [0, 0.05) is 6.54 Å². The average Bonchev–Trinajstić information content (AvgIpc) is 2.61. The van der Waals surface area contributed by atoms with Gasteiger partial charge in [-0.2, -0.15) is 0 Å². The molecule has 0 unspecified atom stereocenters. The number of aliphatic hydroxyl groups is 1. The number of carboxylic acids is 1. The number of carboxylic acid groups (broad SMARTS) is 1. The standard InChI is InChI=1S/C15H22N2O3/c1-11-12(14(18)19)6-7-13(17-11)16-10-15(20)8-4-2-3-5-9-15/h6-7,20H,2-5,8-10H2,1H3,(H,16,17)(H,18,19). The molecule has 1 aromatic rings. The Balaban J connectivity index is 1.99. The van der Waals surface area contributed by atoms with Crippen molar-refractivity contribution in [1.29, 1.82) is 0 Å². The number of carbonyl (C=O) groups is 1. The zero-order chi connectivity index (χ0) is 14.6. The van der Waals surface area contributed by atoms with E-state index < -0.39 is 11.6 Å². The Bertz CT molecular complexity index is 480. The Labute approximate surface area is 119 Å². The zero-order valence-corrected chi connectivity index (χ0v) is 11.9. The summed E-state index contributed by atoms with van der Waals surface area (Å²) in [6.45, 7) is 2.14. The molecule has 0 aromatic carbocycles. The van der Waals surface area contributed by atoms with E-state index in [0.717, 1.165) is 25.7 Å². The highest BCUT2D eigenvalue weighted by Crippen LogP contribution is 2.27. The van der Waals surface area contributed by atoms with E-state index in [1.54, 1.807) is 19.1 Å². The van der Waals surface area contributed by atoms with Crippen molar-refractivity contribution in [3.8, 4) is 0 Å². The summed E-state index contributed by atoms with van der Waals surface area (Å²) in [4.78, 5) is 15.2. The van der Waals surface area contributed by atoms with Gasteiger partial charge in [-0.3, -0.25) is 0 Å². The van der Waals surface area contributed by atoms with Gasteiger partial charge in [-0.15, -0.1) is 0 Å². The van der Waals surface area contributed by atoms with Gasteiger partial charge in [0.05, 0.1) is 16.9 Å². The molecule has 0 atom stereocenters. The summed E-state index contributed by atoms with van der Waals surface area (Å²) >= 11 is 0. The molecule has 20 heavy (non-hydrogen) atoms. The Morgan fingerprint density at radius 1 is 1.30 bits per heavy atom. The summed E-state index contributed by atoms with van der Waals surface area (Å²) in [5.74, 6) is -0.353. The van der Waals surface area contributed by atoms with Crippen molar-refractivity contribution < 1.29 is 15.0 Å². The van der Waals surface area contributed by atoms with Crippen LogP contribution in [0.2, 0.25) is 0 Å². The number of aromatic nitrogens is 1. The van der Waals surface area contributed by atoms with Crippen molar-refractivity contribution >= 4 is 11.8 Å². The number of hydrogen-bond donors (Lipinski definition) is 3. The van der Waals surface area contributed by atoms with Crippen LogP contribution < -0.4 is 5.32 Å². The molecule has 1 aliphatic carbocycles. The highest BCUT2D eigenvalue weighted by Gasteiger charge is 2.27. The molecule has 110 valence electrons. The van der Waals surface area contributed by atoms with Gasteiger partial charge < -0.3 is 15.5 Å². The van der Waals surface area contributed by atoms with E-state index in [1.165, 1.54) is 12.8 Å². The van der Waals surface area contributed by atoms with E-state index >= 15 is 0 Å². The third-order valence-corrected chi connectivity index (χ3v) is 3.95. The monoisotopic (exact) mass is 278 g/mol. The highest BCUT2D eigenvalue weighted by molar-refractivity contribution is 5.89. The van der Waals surface area contributed by atoms with Crippen LogP contribution in [0.3, 0.4) is 0 Å². The predicted molar refractivity (Wildman–Crippen MR) is 77.1 cm³/mol. The fourth-order valence-electron chi connectivity index (χ4n) is 2.70. The van der Waals surface area contributed by atoms with Gasteiger partial charge in [-0.25, -0.2) is 9.78 Å². The first-order chi connectivity index (χ1) is 9.50. The Morgan fingerprint density at radius 2 is 1.95 bits per heavy atom. The summed E-state index contributed by atoms with van der Waals surface area (Å²) in [6, 6.07) is 3.20. The maximum absolute atomic E-state index is 10.9. The van der Waals surface area contributed by atoms with Gasteiger partial charge in [0.2, 0.25) is 0 Å². The largest absolute Gasteiger partial charge is 0.478 e. The van der Waals surface area contributed by atoms with Gasteiger partial charge in [-0.05, 0) is 31.9 Å². The van der Waals surface area contributed by atoms with Gasteiger partial charge in [-0.1, -0.05) is 25.7 Å². The summed E-state index contributed by atoms with van der Waals surface area (Å²) < 4.78 is 0. The molecule has 2 rings (SSSR count). The lowest BCUT2D eigenvalue weighted by molar-refractivity contribution is 0.0380. The normalized spacial score (nSPS) is 18.3. The zero-order valence-electron chi connectivity index (χ0n) is 11.9. The van der Waals surface area contributed by atoms with E-state index in [4.69, 9.17) is 5.11 Å². The van der Waals surface area contributed by atoms with Crippen molar-refractivity contribution in [3.63, 3.8) is 0 Å². The molecule has 1 saturated carbocycles. The highest BCUT2D eigenvalue weighted by atomic mass is 16.4. The fraction of sp³-hybridized carbons (Fsp3) is 0.600. The third-order valence-electron chi connectivity index (χ3n) is 3.95. The van der Waals surface area contributed by atoms with Crippen LogP contribution in [0.5, 0.6) is 0 Å². The first kappa shape index (κ1) is 14.8. The van der Waals surface area contributed by atoms with Gasteiger partial charge in [0.1, 0.15) is 5.82 Å². The smallest absolute Gasteiger partial charge is 0.337 e. The average molecular weight is 278 g/mol. The molecular formula is C15H22N2O3. The van der Waals surface area contributed by atoms with Crippen LogP contribution in [-0.4, -0.2) is 33.3 Å². The lowest BCUT2D eigenvalue weighted by atomic mass is 9.94. The van der Waals surface area contributed by atoms with Gasteiger partial charge in [0.15, 0.2) is 0 Å². The SMILES string of the molecule is Cc1nc(NCC2(O)CCCCCC2)ccc1C(=O)O. The summed E-state index contributed by atoms with van der Waals surface area (Å²) in [5.41, 5.74) is 0.0245. The molecule has 0 saturated heterocycles. The molecule has 5 nitrogen and oxygen atoms in total. The van der Waals surface area contributed by atoms with Crippen LogP contribution in [0, 0.1) is 6.92 Å². The quantitative estimate of drug-likeness (QED) is 0.737. The second-order valence-electron chi connectivity index (χ2n) is 5.63. The summed E-state index contributed by atoms with van der Waals surface area (Å²) in [5, 5.41) is 22.6. The van der Waals surface area contributed by atoms with Crippen LogP contribution in [0.4, 0.5) is 5.82 Å². The maximum atomic E-state index is 10.9. The van der Waals surface area contributed by atoms with E-state index in [-0.39, 0.29) is 5.56 Å². The van der Waals surface area contributed by atoms with Gasteiger partial charge >= 0.3 is 5.97 Å². The Morgan fingerprint density at radius 3 is 2.50 bits per heavy atom. The molecule has 0 amide bonds. The Hall–Kier alpha value is -1.62. The molecular weight excluding hydrogens is 256 g/mol. The van der Waals surface area contributed by atoms with Crippen molar-refractivity contribution in [2.75, 3.05) is 11.9 Å². The second-order valence-corrected chi connectivity index (χ2v) is 5.63. The molecule has 1 fully saturated rings. The first-order valence-electron chi connectivity index (χ1n) is 7.17. The summed E-state index contributed by atoms with van der Waals surface area (Å²) in [7, 11) is 0. The van der Waals surface area contributed by atoms with Crippen LogP contribution in [-0.2, 0) is 0 Å². The number of nitrogens with one attached hydrogen (secondary N) is 1. The number of rotatable bonds is 4. The molecule has 0 spiro atoms. The minimum Gasteiger partial charge on any atom is -0.478 e. The number of nitrogens with zero attached hydrogens (tertiary/aromatic N) is 1. The summed E-state index contributed by atoms with van der Waals surface area (Å²) in [6.07, 6.45) is 6.11. The minimum absolute atomic E-state index is 0.212. The number of anilines is 1. The molecule has 1 aliphatic rings.